The number of benzene rings is 1. The molecule has 2 bridgehead atoms. The maximum Gasteiger partial charge on any atom is 0.258 e. The Kier molecular flexibility index (Phi) is 7.21. The molecule has 0 radical (unpaired) electrons. The summed E-state index contributed by atoms with van der Waals surface area (Å²) in [7, 11) is 2.78. The molecule has 1 fully saturated rings. The van der Waals surface area contributed by atoms with E-state index in [-0.39, 0.29) is 11.8 Å². The summed E-state index contributed by atoms with van der Waals surface area (Å²) >= 11 is 0. The highest BCUT2D eigenvalue weighted by Gasteiger charge is 2.38. The zero-order chi connectivity index (χ0) is 28.9. The zero-order valence-electron chi connectivity index (χ0n) is 24.3. The summed E-state index contributed by atoms with van der Waals surface area (Å²) in [6.07, 6.45) is 4.47. The largest absolute Gasteiger partial charge is 0.477 e. The van der Waals surface area contributed by atoms with E-state index in [1.54, 1.807) is 23.0 Å². The molecule has 11 nitrogen and oxygen atoms in total. The molecule has 2 aliphatic rings. The summed E-state index contributed by atoms with van der Waals surface area (Å²) in [5, 5.41) is 8.23. The number of aromatic nitrogens is 5. The number of nitrogens with one attached hydrogen (secondary N) is 1. The smallest absolute Gasteiger partial charge is 0.258 e. The highest BCUT2D eigenvalue weighted by atomic mass is 31.2. The van der Waals surface area contributed by atoms with Crippen LogP contribution in [0.1, 0.15) is 42.2 Å². The number of fused-ring (bicyclic) bond motifs is 7. The van der Waals surface area contributed by atoms with Crippen molar-refractivity contribution < 1.29 is 14.1 Å². The van der Waals surface area contributed by atoms with Crippen molar-refractivity contribution >= 4 is 35.6 Å². The Morgan fingerprint density at radius 2 is 1.83 bits per heavy atom. The van der Waals surface area contributed by atoms with Crippen LogP contribution in [0.25, 0.3) is 22.3 Å². The molecule has 12 heteroatoms. The number of nitrogens with zero attached hydrogens (tertiary/aromatic N) is 7. The summed E-state index contributed by atoms with van der Waals surface area (Å²) < 4.78 is 28.2. The first-order chi connectivity index (χ1) is 19.6. The molecular weight excluding hydrogens is 539 g/mol. The lowest BCUT2D eigenvalue weighted by Crippen LogP contribution is -2.39. The monoisotopic (exact) mass is 576 g/mol. The van der Waals surface area contributed by atoms with Crippen molar-refractivity contribution in [1.29, 1.82) is 0 Å². The van der Waals surface area contributed by atoms with Gasteiger partial charge in [-0.25, -0.2) is 19.0 Å². The van der Waals surface area contributed by atoms with Crippen LogP contribution in [0.15, 0.2) is 36.5 Å². The van der Waals surface area contributed by atoms with Crippen LogP contribution in [0.4, 0.5) is 5.95 Å². The summed E-state index contributed by atoms with van der Waals surface area (Å²) in [5.41, 5.74) is 4.17. The number of pyridine rings is 1. The number of hydrogen-bond donors (Lipinski definition) is 1. The zero-order valence-corrected chi connectivity index (χ0v) is 25.2. The Morgan fingerprint density at radius 3 is 2.61 bits per heavy atom. The second-order valence-corrected chi connectivity index (χ2v) is 14.3. The van der Waals surface area contributed by atoms with Crippen LogP contribution >= 0.6 is 7.44 Å². The molecule has 1 saturated heterocycles. The second-order valence-electron chi connectivity index (χ2n) is 11.3. The van der Waals surface area contributed by atoms with Gasteiger partial charge in [-0.3, -0.25) is 19.7 Å². The number of aryl methyl sites for hydroxylation is 2. The minimum absolute atomic E-state index is 0.271. The minimum Gasteiger partial charge on any atom is -0.477 e. The van der Waals surface area contributed by atoms with E-state index in [4.69, 9.17) is 9.72 Å². The van der Waals surface area contributed by atoms with Gasteiger partial charge in [0.2, 0.25) is 19.3 Å². The fourth-order valence-electron chi connectivity index (χ4n) is 5.91. The predicted molar refractivity (Wildman–Crippen MR) is 160 cm³/mol. The predicted octanol–water partition coefficient (Wildman–Crippen LogP) is 4.29. The molecule has 1 amide bonds. The molecule has 4 aromatic rings. The van der Waals surface area contributed by atoms with E-state index in [1.807, 2.05) is 55.6 Å². The standard InChI is InChI=1S/C29H37N8O3P/c1-19-8-6-13-40-28-23(17-30-36(28)5)25-15-21(14-20(2)31-25)27(38)33-29-32-24-10-9-22(16-26(24)37(29)18-19)41(39)34(3)11-7-12-35(41)4/h9-10,14-17,19H,6-8,11-13,18H2,1-5H3,(H,32,33,38). The number of imidazole rings is 1. The molecular formula is C29H37N8O3P. The quantitative estimate of drug-likeness (QED) is 0.334. The van der Waals surface area contributed by atoms with E-state index in [0.29, 0.717) is 41.9 Å². The lowest BCUT2D eigenvalue weighted by Gasteiger charge is -2.39. The fraction of sp³-hybridized carbons (Fsp3) is 0.448. The van der Waals surface area contributed by atoms with Gasteiger partial charge < -0.3 is 9.30 Å². The molecule has 0 aliphatic carbocycles. The van der Waals surface area contributed by atoms with Gasteiger partial charge in [0.15, 0.2) is 0 Å². The maximum atomic E-state index is 14.3. The molecule has 1 aromatic carbocycles. The molecule has 0 spiro atoms. The Hall–Kier alpha value is -3.53. The number of hydrogen-bond acceptors (Lipinski definition) is 6. The number of anilines is 1. The van der Waals surface area contributed by atoms with Crippen molar-refractivity contribution in [2.75, 3.05) is 39.1 Å². The summed E-state index contributed by atoms with van der Waals surface area (Å²) in [4.78, 5) is 23.2. The first-order valence-corrected chi connectivity index (χ1v) is 15.8. The Bertz CT molecular complexity index is 1660. The third-order valence-corrected chi connectivity index (χ3v) is 11.3. The van der Waals surface area contributed by atoms with E-state index in [1.165, 1.54) is 0 Å². The first kappa shape index (κ1) is 27.6. The van der Waals surface area contributed by atoms with Crippen molar-refractivity contribution in [1.82, 2.24) is 33.7 Å². The molecule has 2 aliphatic heterocycles. The van der Waals surface area contributed by atoms with Crippen LogP contribution in [0.3, 0.4) is 0 Å². The Balaban J connectivity index is 1.45. The molecule has 3 aromatic heterocycles. The van der Waals surface area contributed by atoms with Crippen molar-refractivity contribution in [2.24, 2.45) is 13.0 Å². The van der Waals surface area contributed by atoms with Crippen LogP contribution in [-0.4, -0.2) is 73.4 Å². The minimum atomic E-state index is -2.92. The normalized spacial score (nSPS) is 20.4. The van der Waals surface area contributed by atoms with Crippen LogP contribution in [0.2, 0.25) is 0 Å². The third kappa shape index (κ3) is 4.96. The van der Waals surface area contributed by atoms with Gasteiger partial charge in [-0.05, 0) is 76.5 Å². The lowest BCUT2D eigenvalue weighted by molar-refractivity contribution is 0.102. The fourth-order valence-corrected chi connectivity index (χ4v) is 8.61. The Labute approximate surface area is 240 Å². The van der Waals surface area contributed by atoms with E-state index >= 15 is 0 Å². The van der Waals surface area contributed by atoms with Gasteiger partial charge in [-0.1, -0.05) is 6.92 Å². The van der Waals surface area contributed by atoms with Gasteiger partial charge in [0.05, 0.1) is 35.1 Å². The number of carbonyl (C=O) groups excluding carboxylic acids is 1. The molecule has 6 rings (SSSR count). The molecule has 1 N–H and O–H groups in total. The van der Waals surface area contributed by atoms with Crippen molar-refractivity contribution in [3.8, 4) is 17.1 Å². The third-order valence-electron chi connectivity index (χ3n) is 8.13. The molecule has 0 saturated carbocycles. The highest BCUT2D eigenvalue weighted by molar-refractivity contribution is 7.67. The number of ether oxygens (including phenoxy) is 1. The maximum absolute atomic E-state index is 14.3. The van der Waals surface area contributed by atoms with Crippen molar-refractivity contribution in [3.05, 3.63) is 47.8 Å². The van der Waals surface area contributed by atoms with Gasteiger partial charge in [0.25, 0.3) is 5.91 Å². The average Bonchev–Trinajstić information content (AvgIpc) is 3.47. The first-order valence-electron chi connectivity index (χ1n) is 14.1. The SMILES string of the molecule is Cc1cc2cc(n1)-c1cnn(C)c1OCCCC(C)Cn1c(nc3ccc(P4(=O)N(C)CCCN4C)cc31)NC2=O. The van der Waals surface area contributed by atoms with Crippen molar-refractivity contribution in [3.63, 3.8) is 0 Å². The van der Waals surface area contributed by atoms with E-state index < -0.39 is 7.44 Å². The highest BCUT2D eigenvalue weighted by Crippen LogP contribution is 2.52. The average molecular weight is 577 g/mol. The topological polar surface area (TPSA) is 110 Å². The van der Waals surface area contributed by atoms with Gasteiger partial charge in [0, 0.05) is 43.2 Å². The second kappa shape index (κ2) is 10.7. The van der Waals surface area contributed by atoms with Crippen LogP contribution < -0.4 is 15.4 Å². The number of amides is 1. The van der Waals surface area contributed by atoms with Gasteiger partial charge in [-0.15, -0.1) is 0 Å². The van der Waals surface area contributed by atoms with Crippen LogP contribution in [0.5, 0.6) is 5.88 Å². The number of carbonyl (C=O) groups is 1. The molecule has 1 atom stereocenters. The molecule has 41 heavy (non-hydrogen) atoms. The summed E-state index contributed by atoms with van der Waals surface area (Å²) in [6, 6.07) is 9.37. The van der Waals surface area contributed by atoms with E-state index in [9.17, 15) is 9.36 Å². The molecule has 5 heterocycles. The van der Waals surface area contributed by atoms with E-state index in [2.05, 4.69) is 26.9 Å². The summed E-state index contributed by atoms with van der Waals surface area (Å²) in [5.74, 6) is 1.10. The van der Waals surface area contributed by atoms with Gasteiger partial charge >= 0.3 is 0 Å². The van der Waals surface area contributed by atoms with Gasteiger partial charge in [0.1, 0.15) is 0 Å². The summed E-state index contributed by atoms with van der Waals surface area (Å²) in [6.45, 7) is 6.81. The molecule has 1 unspecified atom stereocenters. The molecule has 216 valence electrons. The van der Waals surface area contributed by atoms with Gasteiger partial charge in [-0.2, -0.15) is 5.10 Å². The van der Waals surface area contributed by atoms with E-state index in [0.717, 1.165) is 54.3 Å². The van der Waals surface area contributed by atoms with Crippen molar-refractivity contribution in [2.45, 2.75) is 39.7 Å². The van der Waals surface area contributed by atoms with Crippen LogP contribution in [0, 0.1) is 12.8 Å². The van der Waals surface area contributed by atoms with Crippen LogP contribution in [-0.2, 0) is 18.2 Å². The lowest BCUT2D eigenvalue weighted by atomic mass is 10.1. The Morgan fingerprint density at radius 1 is 1.05 bits per heavy atom. The number of rotatable bonds is 1.